The van der Waals surface area contributed by atoms with E-state index in [2.05, 4.69) is 19.9 Å². The van der Waals surface area contributed by atoms with E-state index in [1.165, 1.54) is 38.5 Å². The fraction of sp³-hybridized carbons (Fsp3) is 0.824. The highest BCUT2D eigenvalue weighted by Gasteiger charge is 2.21. The van der Waals surface area contributed by atoms with Gasteiger partial charge in [0, 0.05) is 6.08 Å². The van der Waals surface area contributed by atoms with Crippen LogP contribution < -0.4 is 0 Å². The largest absolute Gasteiger partial charge is 0.459 e. The van der Waals surface area contributed by atoms with Crippen molar-refractivity contribution in [3.63, 3.8) is 0 Å². The molecule has 0 bridgehead atoms. The molecule has 0 aromatic heterocycles. The first-order valence-electron chi connectivity index (χ1n) is 8.02. The molecule has 0 aliphatic heterocycles. The molecule has 0 N–H and O–H groups in total. The lowest BCUT2D eigenvalue weighted by Gasteiger charge is -2.26. The molecular weight excluding hydrogens is 236 g/mol. The zero-order chi connectivity index (χ0) is 13.7. The van der Waals surface area contributed by atoms with E-state index in [1.54, 1.807) is 6.08 Å². The van der Waals surface area contributed by atoms with Crippen molar-refractivity contribution >= 4 is 5.97 Å². The lowest BCUT2D eigenvalue weighted by Crippen LogP contribution is -2.22. The van der Waals surface area contributed by atoms with Gasteiger partial charge in [0.05, 0.1) is 0 Å². The van der Waals surface area contributed by atoms with Crippen LogP contribution in [0.25, 0.3) is 0 Å². The van der Waals surface area contributed by atoms with Crippen molar-refractivity contribution in [2.45, 2.75) is 71.3 Å². The highest BCUT2D eigenvalue weighted by Crippen LogP contribution is 2.29. The molecule has 2 aliphatic rings. The van der Waals surface area contributed by atoms with Crippen LogP contribution in [0.2, 0.25) is 0 Å². The lowest BCUT2D eigenvalue weighted by molar-refractivity contribution is -0.144. The van der Waals surface area contributed by atoms with E-state index in [1.807, 2.05) is 0 Å². The van der Waals surface area contributed by atoms with Gasteiger partial charge < -0.3 is 4.74 Å². The molecule has 108 valence electrons. The van der Waals surface area contributed by atoms with Gasteiger partial charge in [-0.2, -0.15) is 0 Å². The Morgan fingerprint density at radius 3 is 2.00 bits per heavy atom. The van der Waals surface area contributed by atoms with Crippen molar-refractivity contribution in [1.29, 1.82) is 0 Å². The third kappa shape index (κ3) is 5.00. The third-order valence-electron chi connectivity index (χ3n) is 4.81. The first kappa shape index (κ1) is 14.6. The summed E-state index contributed by atoms with van der Waals surface area (Å²) in [6, 6.07) is 0. The number of hydrogen-bond donors (Lipinski definition) is 0. The SMILES string of the molecule is CC1CCC(C=CC(=O)OC2CCC(C)CC2)CC1. The summed E-state index contributed by atoms with van der Waals surface area (Å²) in [5.74, 6) is 2.13. The van der Waals surface area contributed by atoms with Crippen LogP contribution >= 0.6 is 0 Å². The Bertz CT molecular complexity index is 305. The zero-order valence-electron chi connectivity index (χ0n) is 12.4. The highest BCUT2D eigenvalue weighted by atomic mass is 16.5. The second kappa shape index (κ2) is 7.12. The molecule has 0 aromatic rings. The maximum Gasteiger partial charge on any atom is 0.330 e. The van der Waals surface area contributed by atoms with Crippen LogP contribution in [0, 0.1) is 17.8 Å². The van der Waals surface area contributed by atoms with Gasteiger partial charge in [0.15, 0.2) is 0 Å². The smallest absolute Gasteiger partial charge is 0.330 e. The molecule has 0 heterocycles. The number of carbonyl (C=O) groups is 1. The minimum Gasteiger partial charge on any atom is -0.459 e. The van der Waals surface area contributed by atoms with Gasteiger partial charge in [-0.1, -0.05) is 32.8 Å². The van der Waals surface area contributed by atoms with Crippen molar-refractivity contribution in [1.82, 2.24) is 0 Å². The summed E-state index contributed by atoms with van der Waals surface area (Å²) in [6.45, 7) is 4.60. The highest BCUT2D eigenvalue weighted by molar-refractivity contribution is 5.82. The minimum absolute atomic E-state index is 0.127. The van der Waals surface area contributed by atoms with Gasteiger partial charge in [-0.3, -0.25) is 0 Å². The van der Waals surface area contributed by atoms with Gasteiger partial charge in [-0.25, -0.2) is 4.79 Å². The summed E-state index contributed by atoms with van der Waals surface area (Å²) >= 11 is 0. The Morgan fingerprint density at radius 2 is 1.42 bits per heavy atom. The molecule has 0 saturated heterocycles. The summed E-state index contributed by atoms with van der Waals surface area (Å²) in [5, 5.41) is 0. The monoisotopic (exact) mass is 264 g/mol. The van der Waals surface area contributed by atoms with Crippen LogP contribution in [0.5, 0.6) is 0 Å². The first-order valence-corrected chi connectivity index (χ1v) is 8.02. The predicted molar refractivity (Wildman–Crippen MR) is 77.8 cm³/mol. The molecular formula is C17H28O2. The zero-order valence-corrected chi connectivity index (χ0v) is 12.4. The molecule has 0 atom stereocenters. The van der Waals surface area contributed by atoms with Crippen LogP contribution in [0.15, 0.2) is 12.2 Å². The second-order valence-electron chi connectivity index (χ2n) is 6.70. The molecule has 2 fully saturated rings. The number of esters is 1. The number of allylic oxidation sites excluding steroid dienone is 1. The summed E-state index contributed by atoms with van der Waals surface area (Å²) < 4.78 is 5.53. The molecule has 0 aromatic carbocycles. The maximum atomic E-state index is 11.8. The predicted octanol–water partition coefficient (Wildman–Crippen LogP) is 4.49. The standard InChI is InChI=1S/C17H28O2/c1-13-3-7-15(8-4-13)9-12-17(18)19-16-10-5-14(2)6-11-16/h9,12-16H,3-8,10-11H2,1-2H3. The van der Waals surface area contributed by atoms with Gasteiger partial charge in [-0.05, 0) is 56.3 Å². The fourth-order valence-corrected chi connectivity index (χ4v) is 3.24. The van der Waals surface area contributed by atoms with Crippen molar-refractivity contribution in [2.75, 3.05) is 0 Å². The molecule has 0 radical (unpaired) electrons. The van der Waals surface area contributed by atoms with Gasteiger partial charge >= 0.3 is 5.97 Å². The molecule has 0 unspecified atom stereocenters. The van der Waals surface area contributed by atoms with E-state index in [9.17, 15) is 4.79 Å². The molecule has 19 heavy (non-hydrogen) atoms. The van der Waals surface area contributed by atoms with Crippen LogP contribution in [-0.4, -0.2) is 12.1 Å². The lowest BCUT2D eigenvalue weighted by atomic mass is 9.83. The minimum atomic E-state index is -0.127. The fourth-order valence-electron chi connectivity index (χ4n) is 3.24. The van der Waals surface area contributed by atoms with Gasteiger partial charge in [0.1, 0.15) is 6.10 Å². The van der Waals surface area contributed by atoms with Crippen LogP contribution in [0.1, 0.15) is 65.2 Å². The average Bonchev–Trinajstić information content (AvgIpc) is 2.41. The Morgan fingerprint density at radius 1 is 0.895 bits per heavy atom. The van der Waals surface area contributed by atoms with E-state index in [4.69, 9.17) is 4.74 Å². The Hall–Kier alpha value is -0.790. The topological polar surface area (TPSA) is 26.3 Å². The van der Waals surface area contributed by atoms with E-state index in [0.717, 1.165) is 24.7 Å². The molecule has 0 spiro atoms. The van der Waals surface area contributed by atoms with Crippen LogP contribution in [0.4, 0.5) is 0 Å². The quantitative estimate of drug-likeness (QED) is 0.554. The Labute approximate surface area is 117 Å². The summed E-state index contributed by atoms with van der Waals surface area (Å²) in [5.41, 5.74) is 0. The summed E-state index contributed by atoms with van der Waals surface area (Å²) in [4.78, 5) is 11.8. The van der Waals surface area contributed by atoms with E-state index in [0.29, 0.717) is 5.92 Å². The second-order valence-corrected chi connectivity index (χ2v) is 6.70. The molecule has 2 nitrogen and oxygen atoms in total. The van der Waals surface area contributed by atoms with Crippen molar-refractivity contribution < 1.29 is 9.53 Å². The number of hydrogen-bond acceptors (Lipinski definition) is 2. The van der Waals surface area contributed by atoms with Gasteiger partial charge in [0.25, 0.3) is 0 Å². The number of carbonyl (C=O) groups excluding carboxylic acids is 1. The maximum absolute atomic E-state index is 11.8. The molecule has 0 amide bonds. The molecule has 2 rings (SSSR count). The first-order chi connectivity index (χ1) is 9.13. The van der Waals surface area contributed by atoms with Crippen molar-refractivity contribution in [3.05, 3.63) is 12.2 Å². The van der Waals surface area contributed by atoms with Crippen LogP contribution in [0.3, 0.4) is 0 Å². The number of ether oxygens (including phenoxy) is 1. The normalized spacial score (nSPS) is 36.3. The number of rotatable bonds is 3. The molecule has 2 aliphatic carbocycles. The summed E-state index contributed by atoms with van der Waals surface area (Å²) in [6.07, 6.45) is 13.5. The molecule has 2 heteroatoms. The van der Waals surface area contributed by atoms with Crippen molar-refractivity contribution in [2.24, 2.45) is 17.8 Å². The van der Waals surface area contributed by atoms with Gasteiger partial charge in [0.2, 0.25) is 0 Å². The average molecular weight is 264 g/mol. The molecule has 2 saturated carbocycles. The van der Waals surface area contributed by atoms with Gasteiger partial charge in [-0.15, -0.1) is 0 Å². The van der Waals surface area contributed by atoms with E-state index in [-0.39, 0.29) is 12.1 Å². The third-order valence-corrected chi connectivity index (χ3v) is 4.81. The van der Waals surface area contributed by atoms with E-state index >= 15 is 0 Å². The Kier molecular flexibility index (Phi) is 5.47. The Balaban J connectivity index is 1.69. The van der Waals surface area contributed by atoms with Crippen molar-refractivity contribution in [3.8, 4) is 0 Å². The van der Waals surface area contributed by atoms with Crippen LogP contribution in [-0.2, 0) is 9.53 Å². The summed E-state index contributed by atoms with van der Waals surface area (Å²) in [7, 11) is 0. The van der Waals surface area contributed by atoms with E-state index < -0.39 is 0 Å².